The van der Waals surface area contributed by atoms with Gasteiger partial charge in [0.2, 0.25) is 5.91 Å². The molecule has 2 aromatic rings. The van der Waals surface area contributed by atoms with Crippen LogP contribution in [0.3, 0.4) is 0 Å². The van der Waals surface area contributed by atoms with E-state index < -0.39 is 24.1 Å². The van der Waals surface area contributed by atoms with Crippen molar-refractivity contribution in [1.29, 1.82) is 0 Å². The number of aryl methyl sites for hydroxylation is 1. The summed E-state index contributed by atoms with van der Waals surface area (Å²) in [6.45, 7) is -1.84. The molecule has 1 aliphatic heterocycles. The number of likely N-dealkylation sites (N-methyl/N-ethyl adjacent to an activating group) is 1. The maximum Gasteiger partial charge on any atom is 0.387 e. The quantitative estimate of drug-likeness (QED) is 0.673. The summed E-state index contributed by atoms with van der Waals surface area (Å²) in [6, 6.07) is 12.7. The number of nitrogens with zero attached hydrogens (tertiary/aromatic N) is 2. The van der Waals surface area contributed by atoms with Gasteiger partial charge in [0.25, 0.3) is 5.91 Å². The van der Waals surface area contributed by atoms with Crippen LogP contribution in [0.4, 0.5) is 13.6 Å². The highest BCUT2D eigenvalue weighted by Gasteiger charge is 2.49. The molecule has 2 atom stereocenters. The number of ether oxygens (including phenoxy) is 1. The number of benzene rings is 2. The molecule has 2 aromatic carbocycles. The molecule has 2 aliphatic rings. The van der Waals surface area contributed by atoms with Crippen molar-refractivity contribution in [2.45, 2.75) is 44.4 Å². The molecule has 9 heteroatoms. The molecule has 0 unspecified atom stereocenters. The second-order valence-electron chi connectivity index (χ2n) is 8.46. The zero-order valence-corrected chi connectivity index (χ0v) is 18.4. The number of rotatable bonds is 6. The van der Waals surface area contributed by atoms with Crippen LogP contribution in [-0.2, 0) is 21.5 Å². The van der Waals surface area contributed by atoms with Crippen molar-refractivity contribution in [2.24, 2.45) is 0 Å². The van der Waals surface area contributed by atoms with Gasteiger partial charge in [-0.1, -0.05) is 36.4 Å². The van der Waals surface area contributed by atoms with Crippen molar-refractivity contribution in [2.75, 3.05) is 13.6 Å². The molecule has 1 saturated heterocycles. The maximum atomic E-state index is 13.2. The molecular formula is C24H25F2N3O4. The number of carbonyl (C=O) groups excluding carboxylic acids is 3. The van der Waals surface area contributed by atoms with Crippen molar-refractivity contribution in [3.8, 4) is 5.75 Å². The third kappa shape index (κ3) is 4.27. The lowest BCUT2D eigenvalue weighted by Crippen LogP contribution is -2.44. The van der Waals surface area contributed by atoms with E-state index in [1.54, 1.807) is 11.9 Å². The average Bonchev–Trinajstić information content (AvgIpc) is 3.02. The second kappa shape index (κ2) is 8.80. The Hall–Kier alpha value is -3.49. The van der Waals surface area contributed by atoms with Crippen LogP contribution in [0.5, 0.6) is 5.75 Å². The first-order valence-electron chi connectivity index (χ1n) is 10.7. The molecule has 1 aliphatic carbocycles. The van der Waals surface area contributed by atoms with E-state index >= 15 is 0 Å². The Balaban J connectivity index is 1.48. The van der Waals surface area contributed by atoms with Gasteiger partial charge in [-0.05, 0) is 55.0 Å². The van der Waals surface area contributed by atoms with Gasteiger partial charge in [0.1, 0.15) is 17.8 Å². The van der Waals surface area contributed by atoms with E-state index in [-0.39, 0.29) is 24.2 Å². The van der Waals surface area contributed by atoms with E-state index in [0.717, 1.165) is 29.7 Å². The molecule has 4 rings (SSSR count). The zero-order chi connectivity index (χ0) is 23.8. The van der Waals surface area contributed by atoms with Gasteiger partial charge in [-0.15, -0.1) is 0 Å². The predicted octanol–water partition coefficient (Wildman–Crippen LogP) is 3.59. The number of halogens is 2. The van der Waals surface area contributed by atoms with Crippen molar-refractivity contribution in [3.63, 3.8) is 0 Å². The molecular weight excluding hydrogens is 432 g/mol. The molecule has 0 saturated carbocycles. The lowest BCUT2D eigenvalue weighted by Gasteiger charge is -2.34. The van der Waals surface area contributed by atoms with Gasteiger partial charge in [-0.25, -0.2) is 4.79 Å². The molecule has 1 N–H and O–H groups in total. The van der Waals surface area contributed by atoms with Crippen molar-refractivity contribution >= 4 is 17.8 Å². The van der Waals surface area contributed by atoms with Crippen molar-refractivity contribution in [1.82, 2.24) is 15.1 Å². The molecule has 1 heterocycles. The minimum Gasteiger partial charge on any atom is -0.435 e. The van der Waals surface area contributed by atoms with E-state index in [2.05, 4.69) is 16.1 Å². The molecule has 7 nitrogen and oxygen atoms in total. The lowest BCUT2D eigenvalue weighted by molar-refractivity contribution is -0.139. The Morgan fingerprint density at radius 3 is 2.61 bits per heavy atom. The second-order valence-corrected chi connectivity index (χ2v) is 8.46. The number of fused-ring (bicyclic) bond motifs is 1. The van der Waals surface area contributed by atoms with Gasteiger partial charge in [0, 0.05) is 7.05 Å². The molecule has 0 spiro atoms. The molecule has 4 amide bonds. The highest BCUT2D eigenvalue weighted by Crippen LogP contribution is 2.34. The summed E-state index contributed by atoms with van der Waals surface area (Å²) >= 11 is 0. The van der Waals surface area contributed by atoms with Crippen LogP contribution in [0.2, 0.25) is 0 Å². The van der Waals surface area contributed by atoms with Crippen LogP contribution >= 0.6 is 0 Å². The van der Waals surface area contributed by atoms with Crippen LogP contribution in [-0.4, -0.2) is 47.8 Å². The lowest BCUT2D eigenvalue weighted by atomic mass is 9.87. The Labute approximate surface area is 190 Å². The Morgan fingerprint density at radius 1 is 1.21 bits per heavy atom. The maximum absolute atomic E-state index is 13.2. The van der Waals surface area contributed by atoms with Gasteiger partial charge in [-0.2, -0.15) is 8.78 Å². The summed E-state index contributed by atoms with van der Waals surface area (Å²) in [5.74, 6) is -0.985. The average molecular weight is 457 g/mol. The van der Waals surface area contributed by atoms with Crippen LogP contribution in [0.15, 0.2) is 48.5 Å². The highest BCUT2D eigenvalue weighted by molar-refractivity contribution is 6.09. The first-order chi connectivity index (χ1) is 15.7. The van der Waals surface area contributed by atoms with Gasteiger partial charge in [0.15, 0.2) is 0 Å². The number of nitrogens with one attached hydrogen (secondary N) is 1. The van der Waals surface area contributed by atoms with E-state index in [0.29, 0.717) is 5.56 Å². The van der Waals surface area contributed by atoms with Crippen molar-refractivity contribution in [3.05, 3.63) is 65.2 Å². The first-order valence-corrected chi connectivity index (χ1v) is 10.7. The largest absolute Gasteiger partial charge is 0.435 e. The monoisotopic (exact) mass is 457 g/mol. The fraction of sp³-hybridized carbons (Fsp3) is 0.375. The number of alkyl halides is 2. The summed E-state index contributed by atoms with van der Waals surface area (Å²) in [7, 11) is 1.69. The molecule has 33 heavy (non-hydrogen) atoms. The smallest absolute Gasteiger partial charge is 0.387 e. The van der Waals surface area contributed by atoms with E-state index in [1.165, 1.54) is 36.8 Å². The number of carbonyl (C=O) groups is 3. The summed E-state index contributed by atoms with van der Waals surface area (Å²) in [5, 5.41) is 2.62. The van der Waals surface area contributed by atoms with Gasteiger partial charge < -0.3 is 15.0 Å². The molecule has 174 valence electrons. The fourth-order valence-electron chi connectivity index (χ4n) is 4.56. The van der Waals surface area contributed by atoms with E-state index in [4.69, 9.17) is 0 Å². The number of hydrogen-bond acceptors (Lipinski definition) is 4. The zero-order valence-electron chi connectivity index (χ0n) is 18.4. The Morgan fingerprint density at radius 2 is 1.91 bits per heavy atom. The number of urea groups is 1. The summed E-state index contributed by atoms with van der Waals surface area (Å²) in [5.41, 5.74) is 1.27. The molecule has 0 radical (unpaired) electrons. The molecule has 1 fully saturated rings. The Bertz CT molecular complexity index is 1080. The molecule has 0 bridgehead atoms. The van der Waals surface area contributed by atoms with E-state index in [1.807, 2.05) is 18.2 Å². The van der Waals surface area contributed by atoms with Crippen LogP contribution in [0.25, 0.3) is 0 Å². The third-order valence-corrected chi connectivity index (χ3v) is 6.42. The van der Waals surface area contributed by atoms with Gasteiger partial charge in [-0.3, -0.25) is 14.5 Å². The summed E-state index contributed by atoms with van der Waals surface area (Å²) in [4.78, 5) is 41.3. The molecule has 0 aromatic heterocycles. The number of hydrogen-bond donors (Lipinski definition) is 1. The third-order valence-electron chi connectivity index (χ3n) is 6.42. The Kier molecular flexibility index (Phi) is 6.05. The predicted molar refractivity (Wildman–Crippen MR) is 116 cm³/mol. The fourth-order valence-corrected chi connectivity index (χ4v) is 4.56. The minimum absolute atomic E-state index is 0.0597. The van der Waals surface area contributed by atoms with Gasteiger partial charge in [0.05, 0.1) is 6.04 Å². The SMILES string of the molecule is CN(C(=O)CN1C(=O)N[C@@](C)(c2ccc(OC(F)F)cc2)C1=O)[C@@H]1CCCc2ccccc21. The summed E-state index contributed by atoms with van der Waals surface area (Å²) < 4.78 is 29.1. The highest BCUT2D eigenvalue weighted by atomic mass is 19.3. The number of amides is 4. The normalized spacial score (nSPS) is 22.2. The first kappa shape index (κ1) is 22.7. The number of imide groups is 1. The van der Waals surface area contributed by atoms with Gasteiger partial charge >= 0.3 is 12.6 Å². The topological polar surface area (TPSA) is 79.0 Å². The van der Waals surface area contributed by atoms with Crippen LogP contribution in [0.1, 0.15) is 42.5 Å². The standard InChI is InChI=1S/C24H25F2N3O4/c1-24(16-10-12-17(13-11-16)33-22(25)26)21(31)29(23(32)27-24)14-20(30)28(2)19-9-5-7-15-6-3-4-8-18(15)19/h3-4,6,8,10-13,19,22H,5,7,9,14H2,1-2H3,(H,27,32)/t19-,24+/m1/s1. The van der Waals surface area contributed by atoms with Crippen LogP contribution < -0.4 is 10.1 Å². The van der Waals surface area contributed by atoms with E-state index in [9.17, 15) is 23.2 Å². The minimum atomic E-state index is -2.96. The van der Waals surface area contributed by atoms with Crippen molar-refractivity contribution < 1.29 is 27.9 Å². The summed E-state index contributed by atoms with van der Waals surface area (Å²) in [6.07, 6.45) is 2.72. The van der Waals surface area contributed by atoms with Crippen LogP contribution in [0, 0.1) is 0 Å².